The maximum atomic E-state index is 9.62. The zero-order valence-corrected chi connectivity index (χ0v) is 10.2. The lowest BCUT2D eigenvalue weighted by molar-refractivity contribution is 0.0182. The molecule has 14 heavy (non-hydrogen) atoms. The normalized spacial score (nSPS) is 13.7. The summed E-state index contributed by atoms with van der Waals surface area (Å²) in [6.45, 7) is 3.38. The van der Waals surface area contributed by atoms with Crippen molar-refractivity contribution in [2.45, 2.75) is 23.6 Å². The van der Waals surface area contributed by atoms with Crippen LogP contribution in [-0.2, 0) is 0 Å². The molecule has 0 fully saturated rings. The second kappa shape index (κ2) is 4.31. The van der Waals surface area contributed by atoms with Crippen LogP contribution in [0.5, 0.6) is 5.75 Å². The summed E-state index contributed by atoms with van der Waals surface area (Å²) in [6, 6.07) is 3.38. The Kier molecular flexibility index (Phi) is 3.54. The Bertz CT molecular complexity index is 295. The van der Waals surface area contributed by atoms with E-state index in [1.807, 2.05) is 22.6 Å². The van der Waals surface area contributed by atoms with Crippen LogP contribution in [0.1, 0.15) is 13.8 Å². The van der Waals surface area contributed by atoms with Crippen LogP contribution >= 0.6 is 22.6 Å². The number of hydrogen-bond acceptors (Lipinski definition) is 4. The summed E-state index contributed by atoms with van der Waals surface area (Å²) in [5, 5.41) is 9.62. The Morgan fingerprint density at radius 1 is 1.57 bits per heavy atom. The molecule has 3 N–H and O–H groups in total. The van der Waals surface area contributed by atoms with Gasteiger partial charge in [0.25, 0.3) is 0 Å². The molecule has 1 unspecified atom stereocenters. The number of anilines is 1. The van der Waals surface area contributed by atoms with Gasteiger partial charge in [-0.05, 0) is 48.6 Å². The highest BCUT2D eigenvalue weighted by atomic mass is 127. The van der Waals surface area contributed by atoms with Crippen LogP contribution in [0, 0.1) is 0 Å². The summed E-state index contributed by atoms with van der Waals surface area (Å²) in [4.78, 5) is 3.88. The Morgan fingerprint density at radius 2 is 2.21 bits per heavy atom. The lowest BCUT2D eigenvalue weighted by Gasteiger charge is -2.24. The summed E-state index contributed by atoms with van der Waals surface area (Å²) in [7, 11) is 0. The topological polar surface area (TPSA) is 68.4 Å². The van der Waals surface area contributed by atoms with Crippen LogP contribution in [0.25, 0.3) is 0 Å². The Balaban J connectivity index is 2.65. The third kappa shape index (κ3) is 3.30. The molecule has 1 aromatic rings. The highest BCUT2D eigenvalue weighted by Crippen LogP contribution is 2.22. The molecule has 0 saturated carbocycles. The highest BCUT2D eigenvalue weighted by Gasteiger charge is 2.25. The predicted molar refractivity (Wildman–Crippen MR) is 63.4 cm³/mol. The second-order valence-corrected chi connectivity index (χ2v) is 4.64. The average Bonchev–Trinajstić information content (AvgIpc) is 2.07. The number of aromatic nitrogens is 1. The number of halogens is 1. The number of nitrogen functional groups attached to an aromatic ring is 1. The smallest absolute Gasteiger partial charge is 0.177 e. The molecule has 0 saturated heterocycles. The van der Waals surface area contributed by atoms with Crippen LogP contribution in [0.4, 0.5) is 5.82 Å². The molecular formula is C9H13IN2O2. The summed E-state index contributed by atoms with van der Waals surface area (Å²) < 4.78 is 5.12. The van der Waals surface area contributed by atoms with Crippen LogP contribution in [0.2, 0.25) is 0 Å². The molecule has 4 nitrogen and oxygen atoms in total. The van der Waals surface area contributed by atoms with E-state index < -0.39 is 5.60 Å². The van der Waals surface area contributed by atoms with Gasteiger partial charge in [0.1, 0.15) is 17.2 Å². The number of aliphatic hydroxyl groups is 1. The molecule has 0 bridgehead atoms. The Morgan fingerprint density at radius 3 is 2.64 bits per heavy atom. The lowest BCUT2D eigenvalue weighted by Crippen LogP contribution is -2.35. The number of nitrogens with two attached hydrogens (primary N) is 1. The van der Waals surface area contributed by atoms with Crippen LogP contribution in [0.3, 0.4) is 0 Å². The van der Waals surface area contributed by atoms with Crippen molar-refractivity contribution >= 4 is 28.4 Å². The fourth-order valence-electron chi connectivity index (χ4n) is 0.725. The van der Waals surface area contributed by atoms with E-state index in [0.29, 0.717) is 11.6 Å². The van der Waals surface area contributed by atoms with Gasteiger partial charge in [0.15, 0.2) is 4.11 Å². The van der Waals surface area contributed by atoms with E-state index in [4.69, 9.17) is 10.5 Å². The molecule has 0 aliphatic heterocycles. The fourth-order valence-corrected chi connectivity index (χ4v) is 1.02. The number of hydrogen-bond donors (Lipinski definition) is 2. The molecule has 1 heterocycles. The van der Waals surface area contributed by atoms with Gasteiger partial charge in [0, 0.05) is 0 Å². The van der Waals surface area contributed by atoms with Crippen molar-refractivity contribution < 1.29 is 9.84 Å². The van der Waals surface area contributed by atoms with Gasteiger partial charge < -0.3 is 15.6 Å². The van der Waals surface area contributed by atoms with Crippen molar-refractivity contribution in [1.29, 1.82) is 0 Å². The first-order valence-electron chi connectivity index (χ1n) is 4.14. The Hall–Kier alpha value is -0.560. The van der Waals surface area contributed by atoms with E-state index in [0.717, 1.165) is 0 Å². The van der Waals surface area contributed by atoms with Crippen LogP contribution < -0.4 is 10.5 Å². The van der Waals surface area contributed by atoms with Gasteiger partial charge in [-0.25, -0.2) is 4.98 Å². The van der Waals surface area contributed by atoms with Crippen LogP contribution in [-0.4, -0.2) is 19.8 Å². The SMILES string of the molecule is CC(C)(O)C(I)Oc1ccc(N)nc1. The molecule has 78 valence electrons. The summed E-state index contributed by atoms with van der Waals surface area (Å²) >= 11 is 2.03. The fraction of sp³-hybridized carbons (Fsp3) is 0.444. The van der Waals surface area contributed by atoms with E-state index >= 15 is 0 Å². The summed E-state index contributed by atoms with van der Waals surface area (Å²) in [5.74, 6) is 1.05. The molecule has 0 aliphatic rings. The molecule has 0 amide bonds. The standard InChI is InChI=1S/C9H13IN2O2/c1-9(2,13)8(10)14-6-3-4-7(11)12-5-6/h3-5,8,13H,1-2H3,(H2,11,12). The molecule has 0 spiro atoms. The van der Waals surface area contributed by atoms with Crippen LogP contribution in [0.15, 0.2) is 18.3 Å². The van der Waals surface area contributed by atoms with Crippen molar-refractivity contribution in [2.75, 3.05) is 5.73 Å². The van der Waals surface area contributed by atoms with E-state index in [1.165, 1.54) is 6.20 Å². The van der Waals surface area contributed by atoms with E-state index in [2.05, 4.69) is 4.98 Å². The lowest BCUT2D eigenvalue weighted by atomic mass is 10.2. The largest absolute Gasteiger partial charge is 0.476 e. The molecule has 0 radical (unpaired) electrons. The molecule has 1 aromatic heterocycles. The van der Waals surface area contributed by atoms with Gasteiger partial charge in [0.05, 0.1) is 6.20 Å². The van der Waals surface area contributed by atoms with Gasteiger partial charge >= 0.3 is 0 Å². The minimum Gasteiger partial charge on any atom is -0.476 e. The average molecular weight is 308 g/mol. The zero-order chi connectivity index (χ0) is 10.8. The first kappa shape index (κ1) is 11.5. The maximum Gasteiger partial charge on any atom is 0.177 e. The summed E-state index contributed by atoms with van der Waals surface area (Å²) in [6.07, 6.45) is 1.53. The minimum absolute atomic E-state index is 0.328. The number of rotatable bonds is 3. The second-order valence-electron chi connectivity index (χ2n) is 3.51. The third-order valence-electron chi connectivity index (χ3n) is 1.55. The highest BCUT2D eigenvalue weighted by molar-refractivity contribution is 14.1. The van der Waals surface area contributed by atoms with E-state index in [1.54, 1.807) is 26.0 Å². The number of alkyl halides is 1. The molecule has 5 heteroatoms. The third-order valence-corrected chi connectivity index (χ3v) is 3.33. The van der Waals surface area contributed by atoms with E-state index in [9.17, 15) is 5.11 Å². The first-order valence-corrected chi connectivity index (χ1v) is 5.39. The van der Waals surface area contributed by atoms with Crippen molar-refractivity contribution in [3.05, 3.63) is 18.3 Å². The Labute approximate surface area is 96.6 Å². The summed E-state index contributed by atoms with van der Waals surface area (Å²) in [5.41, 5.74) is 4.54. The first-order chi connectivity index (χ1) is 6.39. The molecule has 0 aromatic carbocycles. The van der Waals surface area contributed by atoms with Gasteiger partial charge in [-0.15, -0.1) is 0 Å². The van der Waals surface area contributed by atoms with Gasteiger partial charge in [-0.1, -0.05) is 0 Å². The number of ether oxygens (including phenoxy) is 1. The predicted octanol–water partition coefficient (Wildman–Crippen LogP) is 1.57. The minimum atomic E-state index is -0.887. The van der Waals surface area contributed by atoms with Crippen molar-refractivity contribution in [3.63, 3.8) is 0 Å². The molecule has 1 atom stereocenters. The number of pyridine rings is 1. The number of nitrogens with zero attached hydrogens (tertiary/aromatic N) is 1. The molecular weight excluding hydrogens is 295 g/mol. The van der Waals surface area contributed by atoms with Gasteiger partial charge in [-0.2, -0.15) is 0 Å². The zero-order valence-electron chi connectivity index (χ0n) is 8.07. The maximum absolute atomic E-state index is 9.62. The van der Waals surface area contributed by atoms with Gasteiger partial charge in [0.2, 0.25) is 0 Å². The molecule has 0 aliphatic carbocycles. The monoisotopic (exact) mass is 308 g/mol. The molecule has 1 rings (SSSR count). The van der Waals surface area contributed by atoms with Gasteiger partial charge in [-0.3, -0.25) is 0 Å². The van der Waals surface area contributed by atoms with Crippen molar-refractivity contribution in [1.82, 2.24) is 4.98 Å². The van der Waals surface area contributed by atoms with Crippen molar-refractivity contribution in [2.24, 2.45) is 0 Å². The van der Waals surface area contributed by atoms with Crippen molar-refractivity contribution in [3.8, 4) is 5.75 Å². The van der Waals surface area contributed by atoms with E-state index in [-0.39, 0.29) is 4.11 Å². The quantitative estimate of drug-likeness (QED) is 0.657.